The Morgan fingerprint density at radius 1 is 0.0949 bits per heavy atom. The van der Waals surface area contributed by atoms with E-state index in [-0.39, 0.29) is 0 Å². The van der Waals surface area contributed by atoms with Crippen molar-refractivity contribution in [3.8, 4) is 100 Å². The van der Waals surface area contributed by atoms with Crippen LogP contribution in [0.1, 0.15) is 0 Å². The molecule has 0 saturated heterocycles. The van der Waals surface area contributed by atoms with Gasteiger partial charge >= 0.3 is 0 Å². The number of hydrogen-bond acceptors (Lipinski definition) is 3. The molecule has 3 aromatic heterocycles. The van der Waals surface area contributed by atoms with Crippen LogP contribution in [0.4, 0.5) is 0 Å². The van der Waals surface area contributed by atoms with Crippen LogP contribution in [0.15, 0.2) is 511 Å². The third-order valence-electron chi connectivity index (χ3n) is 28.5. The molecule has 0 aliphatic heterocycles. The number of fused-ring (bicyclic) bond motifs is 20. The lowest BCUT2D eigenvalue weighted by Crippen LogP contribution is -1.91. The normalized spacial score (nSPS) is 11.8. The fourth-order valence-corrected chi connectivity index (χ4v) is 22.0. The van der Waals surface area contributed by atoms with Crippen molar-refractivity contribution in [2.75, 3.05) is 0 Å². The van der Waals surface area contributed by atoms with Crippen LogP contribution in [0.3, 0.4) is 0 Å². The average molecular weight is 1740 g/mol. The van der Waals surface area contributed by atoms with Gasteiger partial charge in [0.2, 0.25) is 0 Å². The maximum atomic E-state index is 6.28. The summed E-state index contributed by atoms with van der Waals surface area (Å²) in [6.45, 7) is 0. The summed E-state index contributed by atoms with van der Waals surface area (Å²) in [5.74, 6) is 0. The van der Waals surface area contributed by atoms with E-state index in [1.165, 1.54) is 219 Å². The third kappa shape index (κ3) is 13.5. The van der Waals surface area contributed by atoms with Gasteiger partial charge in [-0.15, -0.1) is 0 Å². The molecule has 26 aromatic carbocycles. The first-order chi connectivity index (χ1) is 67.9. The molecular weight excluding hydrogens is 1660 g/mol. The van der Waals surface area contributed by atoms with Crippen molar-refractivity contribution in [1.29, 1.82) is 0 Å². The van der Waals surface area contributed by atoms with E-state index in [1.807, 2.05) is 0 Å². The first kappa shape index (κ1) is 78.8. The quantitative estimate of drug-likeness (QED) is 0.135. The van der Waals surface area contributed by atoms with Crippen molar-refractivity contribution in [2.24, 2.45) is 0 Å². The summed E-state index contributed by atoms with van der Waals surface area (Å²) in [5.41, 5.74) is 27.8. The molecule has 0 saturated carbocycles. The second kappa shape index (κ2) is 32.5. The molecule has 3 nitrogen and oxygen atoms in total. The Morgan fingerprint density at radius 2 is 0.314 bits per heavy atom. The van der Waals surface area contributed by atoms with Gasteiger partial charge in [0.15, 0.2) is 0 Å². The van der Waals surface area contributed by atoms with Gasteiger partial charge in [-0.2, -0.15) is 0 Å². The molecule has 0 bridgehead atoms. The molecule has 636 valence electrons. The van der Waals surface area contributed by atoms with E-state index >= 15 is 0 Å². The van der Waals surface area contributed by atoms with Crippen LogP contribution in [0.2, 0.25) is 0 Å². The second-order valence-electron chi connectivity index (χ2n) is 36.2. The predicted octanol–water partition coefficient (Wildman–Crippen LogP) is 38.4. The maximum absolute atomic E-state index is 6.28. The molecule has 0 amide bonds. The van der Waals surface area contributed by atoms with Gasteiger partial charge in [0.05, 0.1) is 0 Å². The Hall–Kier alpha value is -18.0. The van der Waals surface area contributed by atoms with Gasteiger partial charge in [-0.05, 0) is 298 Å². The monoisotopic (exact) mass is 1740 g/mol. The zero-order chi connectivity index (χ0) is 90.1. The highest BCUT2D eigenvalue weighted by atomic mass is 16.3. The first-order valence-electron chi connectivity index (χ1n) is 47.1. The highest BCUT2D eigenvalue weighted by Gasteiger charge is 2.24. The van der Waals surface area contributed by atoms with Crippen LogP contribution >= 0.6 is 0 Å². The zero-order valence-electron chi connectivity index (χ0n) is 74.6. The van der Waals surface area contributed by atoms with Crippen molar-refractivity contribution < 1.29 is 13.3 Å². The van der Waals surface area contributed by atoms with Gasteiger partial charge in [0, 0.05) is 32.3 Å². The maximum Gasteiger partial charge on any atom is 0.136 e. The van der Waals surface area contributed by atoms with Crippen LogP contribution in [0, 0.1) is 0 Å². The number of benzene rings is 26. The second-order valence-corrected chi connectivity index (χ2v) is 36.2. The SMILES string of the molecule is c1ccc(-c2c3ccccc3c(-c3ccc(-c4ccc5oc6cc7ccccc7cc6c5c4)cc3)c3ccccc23)cc1.c1ccc2cc(-c3c4ccccc4c(-c4ccc(-c5ccc6oc7cc8ccccc8cc7c6c5)cc4)c4ccccc34)ccc2c1.c1ccc2cc3c(cc2c1)oc1ccc(-c2ccc(-c4c5ccccc5c(-c5cccc6ccccc56)c5ccccc45)cc2)cc13. The average Bonchev–Trinajstić information content (AvgIpc) is 1.62. The zero-order valence-corrected chi connectivity index (χ0v) is 74.6. The lowest BCUT2D eigenvalue weighted by Gasteiger charge is -2.19. The summed E-state index contributed by atoms with van der Waals surface area (Å²) >= 11 is 0. The van der Waals surface area contributed by atoms with Crippen molar-refractivity contribution >= 4 is 184 Å². The summed E-state index contributed by atoms with van der Waals surface area (Å²) < 4.78 is 18.8. The molecule has 0 spiro atoms. The molecule has 0 atom stereocenters. The Morgan fingerprint density at radius 3 is 0.642 bits per heavy atom. The van der Waals surface area contributed by atoms with Crippen molar-refractivity contribution in [1.82, 2.24) is 0 Å². The molecule has 3 heteroatoms. The van der Waals surface area contributed by atoms with Crippen LogP contribution in [-0.2, 0) is 0 Å². The van der Waals surface area contributed by atoms with E-state index < -0.39 is 0 Å². The van der Waals surface area contributed by atoms with E-state index in [1.54, 1.807) is 0 Å². The number of hydrogen-bond donors (Lipinski definition) is 0. The minimum atomic E-state index is 0.917. The van der Waals surface area contributed by atoms with E-state index in [9.17, 15) is 0 Å². The summed E-state index contributed by atoms with van der Waals surface area (Å²) in [4.78, 5) is 0. The lowest BCUT2D eigenvalue weighted by atomic mass is 9.84. The van der Waals surface area contributed by atoms with E-state index in [2.05, 4.69) is 497 Å². The van der Waals surface area contributed by atoms with Crippen LogP contribution in [-0.4, -0.2) is 0 Å². The Bertz CT molecular complexity index is 9780. The smallest absolute Gasteiger partial charge is 0.136 e. The third-order valence-corrected chi connectivity index (χ3v) is 28.5. The highest BCUT2D eigenvalue weighted by Crippen LogP contribution is 2.51. The molecule has 29 aromatic rings. The van der Waals surface area contributed by atoms with Crippen molar-refractivity contribution in [3.63, 3.8) is 0 Å². The molecule has 0 radical (unpaired) electrons. The summed E-state index contributed by atoms with van der Waals surface area (Å²) in [5, 5.41) is 34.4. The molecule has 0 aliphatic carbocycles. The molecular formula is C134H82O3. The molecule has 0 aliphatic rings. The Balaban J connectivity index is 0.000000104. The molecule has 3 heterocycles. The molecule has 0 fully saturated rings. The van der Waals surface area contributed by atoms with Gasteiger partial charge in [0.25, 0.3) is 0 Å². The number of rotatable bonds is 9. The lowest BCUT2D eigenvalue weighted by molar-refractivity contribution is 0.669. The van der Waals surface area contributed by atoms with Gasteiger partial charge < -0.3 is 13.3 Å². The van der Waals surface area contributed by atoms with Gasteiger partial charge in [-0.3, -0.25) is 0 Å². The minimum Gasteiger partial charge on any atom is -0.456 e. The summed E-state index contributed by atoms with van der Waals surface area (Å²) in [7, 11) is 0. The Kier molecular flexibility index (Phi) is 18.7. The molecule has 137 heavy (non-hydrogen) atoms. The summed E-state index contributed by atoms with van der Waals surface area (Å²) in [6, 6.07) is 180. The van der Waals surface area contributed by atoms with Gasteiger partial charge in [-0.25, -0.2) is 0 Å². The largest absolute Gasteiger partial charge is 0.456 e. The van der Waals surface area contributed by atoms with Gasteiger partial charge in [-0.1, -0.05) is 419 Å². The van der Waals surface area contributed by atoms with E-state index in [0.717, 1.165) is 65.8 Å². The van der Waals surface area contributed by atoms with Crippen LogP contribution in [0.5, 0.6) is 0 Å². The van der Waals surface area contributed by atoms with E-state index in [0.29, 0.717) is 0 Å². The highest BCUT2D eigenvalue weighted by molar-refractivity contribution is 6.27. The topological polar surface area (TPSA) is 39.4 Å². The minimum absolute atomic E-state index is 0.917. The van der Waals surface area contributed by atoms with Crippen LogP contribution in [0.25, 0.3) is 284 Å². The van der Waals surface area contributed by atoms with Gasteiger partial charge in [0.1, 0.15) is 33.5 Å². The summed E-state index contributed by atoms with van der Waals surface area (Å²) in [6.07, 6.45) is 0. The Labute approximate surface area is 789 Å². The van der Waals surface area contributed by atoms with Crippen molar-refractivity contribution in [2.45, 2.75) is 0 Å². The van der Waals surface area contributed by atoms with Crippen LogP contribution < -0.4 is 0 Å². The standard InChI is InChI=1S/2C46H28O.C42H26O/c1-2-12-33-28-44-42(26-32(33)11-1)41-27-34(24-25-43(41)47-44)29-20-22-31(23-21-29)45-37-15-5-7-17-39(37)46(40-18-8-6-16-38(40)45)36-19-9-13-30-10-3-4-14-35(30)36;1-2-10-32-25-36(22-19-29(32)9-1)46-39-15-7-5-13-37(39)45(38-14-6-8-16-40(38)46)31-20-17-30(18-21-31)35-23-24-43-41(27-35)42-26-33-11-3-4-12-34(33)28-44(42)47-43;1-2-10-28(11-3-1)41-33-14-6-8-16-35(33)42(36-17-9-7-15-34(36)41)29-20-18-27(19-21-29)32-22-23-39-37(25-32)38-24-30-12-4-5-13-31(30)26-40(38)43-39/h2*1-28H;1-26H. The number of furan rings is 3. The fourth-order valence-electron chi connectivity index (χ4n) is 22.0. The van der Waals surface area contributed by atoms with E-state index in [4.69, 9.17) is 13.3 Å². The molecule has 0 N–H and O–H groups in total. The fraction of sp³-hybridized carbons (Fsp3) is 0. The predicted molar refractivity (Wildman–Crippen MR) is 583 cm³/mol. The van der Waals surface area contributed by atoms with Crippen molar-refractivity contribution in [3.05, 3.63) is 497 Å². The molecule has 0 unspecified atom stereocenters. The first-order valence-corrected chi connectivity index (χ1v) is 47.1. The molecule has 29 rings (SSSR count).